The van der Waals surface area contributed by atoms with Crippen molar-refractivity contribution in [2.24, 2.45) is 5.92 Å². The van der Waals surface area contributed by atoms with Gasteiger partial charge in [-0.25, -0.2) is 9.69 Å². The highest BCUT2D eigenvalue weighted by atomic mass is 79.9. The zero-order chi connectivity index (χ0) is 33.6. The fourth-order valence-electron chi connectivity index (χ4n) is 5.65. The van der Waals surface area contributed by atoms with Crippen LogP contribution in [-0.2, 0) is 31.8 Å². The van der Waals surface area contributed by atoms with Crippen LogP contribution in [0.15, 0.2) is 87.1 Å². The van der Waals surface area contributed by atoms with E-state index in [-0.39, 0.29) is 23.5 Å². The van der Waals surface area contributed by atoms with E-state index in [1.165, 1.54) is 34.9 Å². The van der Waals surface area contributed by atoms with Crippen LogP contribution in [0.25, 0.3) is 0 Å². The molecule has 9 nitrogen and oxygen atoms in total. The van der Waals surface area contributed by atoms with Crippen molar-refractivity contribution >= 4 is 74.1 Å². The first kappa shape index (κ1) is 32.7. The van der Waals surface area contributed by atoms with Crippen LogP contribution in [0.2, 0.25) is 0 Å². The number of aromatic nitrogens is 1. The van der Waals surface area contributed by atoms with Crippen molar-refractivity contribution in [3.63, 3.8) is 0 Å². The van der Waals surface area contributed by atoms with Gasteiger partial charge in [0.1, 0.15) is 11.8 Å². The lowest BCUT2D eigenvalue weighted by molar-refractivity contribution is -0.137. The van der Waals surface area contributed by atoms with Crippen molar-refractivity contribution in [1.82, 2.24) is 4.57 Å². The summed E-state index contributed by atoms with van der Waals surface area (Å²) < 4.78 is 46.5. The number of anilines is 2. The number of esters is 1. The zero-order valence-corrected chi connectivity index (χ0v) is 27.5. The van der Waals surface area contributed by atoms with Gasteiger partial charge in [0, 0.05) is 21.0 Å². The molecule has 1 saturated heterocycles. The summed E-state index contributed by atoms with van der Waals surface area (Å²) in [6.45, 7) is 1.33. The second-order valence-electron chi connectivity index (χ2n) is 10.6. The van der Waals surface area contributed by atoms with Gasteiger partial charge in [-0.3, -0.25) is 23.7 Å². The van der Waals surface area contributed by atoms with Crippen LogP contribution >= 0.6 is 39.0 Å². The fourth-order valence-corrected chi connectivity index (χ4v) is 8.84. The number of fused-ring (bicyclic) bond motifs is 2. The number of halogens is 4. The molecule has 3 aromatic carbocycles. The lowest BCUT2D eigenvalue weighted by Gasteiger charge is -2.30. The summed E-state index contributed by atoms with van der Waals surface area (Å²) in [5.74, 6) is -3.92. The molecule has 2 unspecified atom stereocenters. The van der Waals surface area contributed by atoms with E-state index >= 15 is 0 Å². The first-order chi connectivity index (χ1) is 22.4. The van der Waals surface area contributed by atoms with E-state index in [1.807, 2.05) is 0 Å². The number of hydrogen-bond donors (Lipinski definition) is 1. The van der Waals surface area contributed by atoms with Gasteiger partial charge in [0.25, 0.3) is 0 Å². The van der Waals surface area contributed by atoms with Crippen LogP contribution in [-0.4, -0.2) is 40.1 Å². The lowest BCUT2D eigenvalue weighted by atomic mass is 9.83. The molecule has 3 amide bonds. The van der Waals surface area contributed by atoms with Crippen LogP contribution < -0.4 is 15.1 Å². The third kappa shape index (κ3) is 6.26. The van der Waals surface area contributed by atoms with Crippen molar-refractivity contribution in [1.29, 1.82) is 0 Å². The Kier molecular flexibility index (Phi) is 8.89. The maximum atomic E-state index is 14.1. The molecular weight excluding hydrogens is 723 g/mol. The van der Waals surface area contributed by atoms with Gasteiger partial charge in [0.15, 0.2) is 0 Å². The Bertz CT molecular complexity index is 1980. The number of alkyl halides is 3. The number of ether oxygens (including phenoxy) is 1. The topological polar surface area (TPSA) is 115 Å². The first-order valence-electron chi connectivity index (χ1n) is 14.1. The van der Waals surface area contributed by atoms with Crippen LogP contribution in [0.4, 0.5) is 24.5 Å². The molecule has 15 heteroatoms. The summed E-state index contributed by atoms with van der Waals surface area (Å²) >= 11 is 5.31. The minimum atomic E-state index is -4.61. The smallest absolute Gasteiger partial charge is 0.416 e. The molecule has 242 valence electrons. The number of thioether (sulfide) groups is 1. The van der Waals surface area contributed by atoms with E-state index in [2.05, 4.69) is 21.2 Å². The number of thiazole rings is 1. The van der Waals surface area contributed by atoms with Crippen molar-refractivity contribution in [3.05, 3.63) is 109 Å². The number of nitrogens with one attached hydrogen (secondary N) is 1. The molecule has 4 aromatic rings. The number of carbonyl (C=O) groups is 4. The molecule has 2 aliphatic heterocycles. The van der Waals surface area contributed by atoms with Gasteiger partial charge in [-0.15, -0.1) is 0 Å². The molecule has 3 atom stereocenters. The van der Waals surface area contributed by atoms with Crippen molar-refractivity contribution < 1.29 is 37.1 Å². The lowest BCUT2D eigenvalue weighted by Crippen LogP contribution is -2.33. The molecule has 1 fully saturated rings. The summed E-state index contributed by atoms with van der Waals surface area (Å²) in [5, 5.41) is 1.78. The molecular formula is C32H23BrF3N3O6S2. The number of rotatable bonds is 7. The average Bonchev–Trinajstić information content (AvgIpc) is 3.47. The maximum absolute atomic E-state index is 14.1. The Hall–Kier alpha value is -4.21. The molecule has 0 spiro atoms. The number of benzene rings is 3. The van der Waals surface area contributed by atoms with E-state index in [9.17, 15) is 37.1 Å². The van der Waals surface area contributed by atoms with E-state index in [0.717, 1.165) is 46.2 Å². The van der Waals surface area contributed by atoms with Crippen molar-refractivity contribution in [3.8, 4) is 0 Å². The Morgan fingerprint density at radius 1 is 0.979 bits per heavy atom. The second-order valence-corrected chi connectivity index (χ2v) is 13.7. The summed E-state index contributed by atoms with van der Waals surface area (Å²) in [7, 11) is 0. The van der Waals surface area contributed by atoms with Gasteiger partial charge in [-0.05, 0) is 67.1 Å². The van der Waals surface area contributed by atoms with E-state index in [4.69, 9.17) is 4.74 Å². The first-order valence-corrected chi connectivity index (χ1v) is 16.6. The highest BCUT2D eigenvalue weighted by Gasteiger charge is 2.57. The van der Waals surface area contributed by atoms with Crippen LogP contribution in [0, 0.1) is 5.92 Å². The van der Waals surface area contributed by atoms with Crippen molar-refractivity contribution in [2.75, 3.05) is 16.8 Å². The molecule has 3 heterocycles. The third-order valence-corrected chi connectivity index (χ3v) is 10.8. The molecule has 47 heavy (non-hydrogen) atoms. The van der Waals surface area contributed by atoms with Gasteiger partial charge >= 0.3 is 17.0 Å². The number of amides is 3. The van der Waals surface area contributed by atoms with Crippen LogP contribution in [0.1, 0.15) is 39.2 Å². The highest BCUT2D eigenvalue weighted by molar-refractivity contribution is 9.10. The molecule has 0 radical (unpaired) electrons. The average molecular weight is 747 g/mol. The van der Waals surface area contributed by atoms with E-state index in [0.29, 0.717) is 19.9 Å². The molecule has 2 aliphatic rings. The molecule has 0 bridgehead atoms. The van der Waals surface area contributed by atoms with Crippen LogP contribution in [0.3, 0.4) is 0 Å². The Labute approximate surface area is 281 Å². The standard InChI is InChI=1S/C32H23BrF3N3O6S2/c1-2-45-30(43)16-9-11-21(12-10-16)39-27(41)24-23(17-5-3-7-19(33)13-17)26-29(46-25(24)28(39)42)38(31(44)47-26)15-22(40)37-20-8-4-6-18(14-20)32(34,35)36/h3-14,23-25H,2,15H2,1H3,(H,37,40)/t23-,24?,25?/m1/s1. The summed E-state index contributed by atoms with van der Waals surface area (Å²) in [5.41, 5.74) is 0.144. The number of hydrogen-bond acceptors (Lipinski definition) is 8. The number of nitrogens with zero attached hydrogens (tertiary/aromatic N) is 2. The molecule has 0 aliphatic carbocycles. The predicted molar refractivity (Wildman–Crippen MR) is 173 cm³/mol. The zero-order valence-electron chi connectivity index (χ0n) is 24.2. The largest absolute Gasteiger partial charge is 0.462 e. The SMILES string of the molecule is CCOC(=O)c1ccc(N2C(=O)C3Sc4c(sc(=O)n4CC(=O)Nc4cccc(C(F)(F)F)c4)[C@H](c4cccc(Br)c4)C3C2=O)cc1. The van der Waals surface area contributed by atoms with Gasteiger partial charge in [0.2, 0.25) is 17.7 Å². The summed E-state index contributed by atoms with van der Waals surface area (Å²) in [6, 6.07) is 17.2. The molecule has 6 rings (SSSR count). The normalized spacial score (nSPS) is 18.9. The van der Waals surface area contributed by atoms with Gasteiger partial charge in [-0.1, -0.05) is 57.2 Å². The Morgan fingerprint density at radius 3 is 2.38 bits per heavy atom. The summed E-state index contributed by atoms with van der Waals surface area (Å²) in [6.07, 6.45) is -4.61. The monoisotopic (exact) mass is 745 g/mol. The molecule has 1 aromatic heterocycles. The minimum absolute atomic E-state index is 0.0946. The van der Waals surface area contributed by atoms with Gasteiger partial charge < -0.3 is 10.1 Å². The predicted octanol–water partition coefficient (Wildman–Crippen LogP) is 6.30. The summed E-state index contributed by atoms with van der Waals surface area (Å²) in [4.78, 5) is 67.6. The number of imide groups is 1. The van der Waals surface area contributed by atoms with Crippen molar-refractivity contribution in [2.45, 2.75) is 35.8 Å². The van der Waals surface area contributed by atoms with Gasteiger partial charge in [-0.2, -0.15) is 13.2 Å². The van der Waals surface area contributed by atoms with E-state index in [1.54, 1.807) is 31.2 Å². The van der Waals surface area contributed by atoms with Crippen LogP contribution in [0.5, 0.6) is 0 Å². The highest BCUT2D eigenvalue weighted by Crippen LogP contribution is 2.54. The Balaban J connectivity index is 1.35. The minimum Gasteiger partial charge on any atom is -0.462 e. The third-order valence-electron chi connectivity index (χ3n) is 7.67. The fraction of sp³-hybridized carbons (Fsp3) is 0.219. The molecule has 0 saturated carbocycles. The Morgan fingerprint density at radius 2 is 1.70 bits per heavy atom. The van der Waals surface area contributed by atoms with E-state index < -0.39 is 63.9 Å². The quantitative estimate of drug-likeness (QED) is 0.174. The number of carbonyl (C=O) groups excluding carboxylic acids is 4. The molecule has 1 N–H and O–H groups in total. The second kappa shape index (κ2) is 12.8. The maximum Gasteiger partial charge on any atom is 0.416 e. The van der Waals surface area contributed by atoms with Gasteiger partial charge in [0.05, 0.1) is 34.4 Å².